The van der Waals surface area contributed by atoms with Gasteiger partial charge in [-0.15, -0.1) is 0 Å². The first-order valence-corrected chi connectivity index (χ1v) is 10.5. The number of anilines is 1. The third-order valence-electron chi connectivity index (χ3n) is 5.42. The highest BCUT2D eigenvalue weighted by Gasteiger charge is 2.34. The van der Waals surface area contributed by atoms with Crippen LogP contribution in [0.4, 0.5) is 10.1 Å². The van der Waals surface area contributed by atoms with Crippen molar-refractivity contribution in [1.82, 2.24) is 9.47 Å². The zero-order valence-electron chi connectivity index (χ0n) is 16.5. The quantitative estimate of drug-likeness (QED) is 0.713. The molecule has 1 saturated heterocycles. The molecule has 4 rings (SSSR count). The zero-order valence-corrected chi connectivity index (χ0v) is 17.3. The Morgan fingerprint density at radius 1 is 1.24 bits per heavy atom. The Labute approximate surface area is 171 Å². The molecule has 0 bridgehead atoms. The molecule has 1 aromatic carbocycles. The van der Waals surface area contributed by atoms with E-state index in [9.17, 15) is 18.8 Å². The number of nitrogens with zero attached hydrogens (tertiary/aromatic N) is 3. The van der Waals surface area contributed by atoms with Gasteiger partial charge in [0.2, 0.25) is 11.3 Å². The smallest absolute Gasteiger partial charge is 0.344 e. The minimum atomic E-state index is -0.674. The van der Waals surface area contributed by atoms with Gasteiger partial charge in [-0.05, 0) is 26.0 Å². The van der Waals surface area contributed by atoms with E-state index in [0.717, 1.165) is 0 Å². The van der Waals surface area contributed by atoms with Gasteiger partial charge in [0.1, 0.15) is 11.4 Å². The predicted molar refractivity (Wildman–Crippen MR) is 109 cm³/mol. The summed E-state index contributed by atoms with van der Waals surface area (Å²) in [7, 11) is 0. The van der Waals surface area contributed by atoms with Crippen LogP contribution in [0.3, 0.4) is 0 Å². The summed E-state index contributed by atoms with van der Waals surface area (Å²) in [6, 6.07) is 2.90. The van der Waals surface area contributed by atoms with Crippen molar-refractivity contribution in [3.63, 3.8) is 0 Å². The molecule has 2 aromatic rings. The van der Waals surface area contributed by atoms with Crippen molar-refractivity contribution in [3.8, 4) is 0 Å². The van der Waals surface area contributed by atoms with E-state index in [1.165, 1.54) is 24.8 Å². The molecule has 1 amide bonds. The maximum absolute atomic E-state index is 15.0. The van der Waals surface area contributed by atoms with Crippen molar-refractivity contribution in [2.24, 2.45) is 0 Å². The second-order valence-corrected chi connectivity index (χ2v) is 8.44. The van der Waals surface area contributed by atoms with Crippen LogP contribution in [-0.2, 0) is 9.53 Å². The van der Waals surface area contributed by atoms with Crippen LogP contribution in [-0.4, -0.2) is 54.1 Å². The molecular weight excluding hydrogens is 397 g/mol. The van der Waals surface area contributed by atoms with Crippen molar-refractivity contribution in [3.05, 3.63) is 33.7 Å². The normalized spacial score (nSPS) is 18.4. The van der Waals surface area contributed by atoms with Gasteiger partial charge in [0.25, 0.3) is 0 Å². The van der Waals surface area contributed by atoms with Crippen LogP contribution >= 0.6 is 11.8 Å². The van der Waals surface area contributed by atoms with E-state index >= 15 is 0 Å². The average molecular weight is 419 g/mol. The lowest BCUT2D eigenvalue weighted by Gasteiger charge is -2.37. The highest BCUT2D eigenvalue weighted by atomic mass is 32.2. The number of ether oxygens (including phenoxy) is 1. The van der Waals surface area contributed by atoms with Gasteiger partial charge >= 0.3 is 5.97 Å². The molecule has 2 aliphatic rings. The number of esters is 1. The van der Waals surface area contributed by atoms with Gasteiger partial charge in [0.15, 0.2) is 0 Å². The summed E-state index contributed by atoms with van der Waals surface area (Å²) in [5.74, 6) is -1.18. The molecule has 7 nitrogen and oxygen atoms in total. The van der Waals surface area contributed by atoms with Gasteiger partial charge in [-0.25, -0.2) is 9.18 Å². The van der Waals surface area contributed by atoms with Gasteiger partial charge in [-0.2, -0.15) is 0 Å². The third kappa shape index (κ3) is 3.17. The highest BCUT2D eigenvalue weighted by Crippen LogP contribution is 2.46. The van der Waals surface area contributed by atoms with Gasteiger partial charge < -0.3 is 19.1 Å². The molecule has 9 heteroatoms. The Balaban J connectivity index is 1.81. The number of hydrogen-bond acceptors (Lipinski definition) is 6. The lowest BCUT2D eigenvalue weighted by molar-refractivity contribution is -0.129. The van der Waals surface area contributed by atoms with E-state index < -0.39 is 17.2 Å². The summed E-state index contributed by atoms with van der Waals surface area (Å²) in [4.78, 5) is 40.4. The fourth-order valence-corrected chi connectivity index (χ4v) is 5.07. The lowest BCUT2D eigenvalue weighted by atomic mass is 10.1. The summed E-state index contributed by atoms with van der Waals surface area (Å²) in [5.41, 5.74) is 0.484. The van der Waals surface area contributed by atoms with E-state index in [1.54, 1.807) is 17.9 Å². The van der Waals surface area contributed by atoms with E-state index in [0.29, 0.717) is 42.4 Å². The molecule has 0 N–H and O–H groups in total. The van der Waals surface area contributed by atoms with Gasteiger partial charge in [-0.3, -0.25) is 9.59 Å². The topological polar surface area (TPSA) is 71.8 Å². The Hall–Kier alpha value is -2.55. The largest absolute Gasteiger partial charge is 0.462 e. The van der Waals surface area contributed by atoms with E-state index in [2.05, 4.69) is 0 Å². The van der Waals surface area contributed by atoms with Crippen molar-refractivity contribution >= 4 is 40.2 Å². The van der Waals surface area contributed by atoms with Crippen LogP contribution in [0.5, 0.6) is 0 Å². The fraction of sp³-hybridized carbons (Fsp3) is 0.450. The SMILES string of the molecule is CCOC(=O)c1c2n(c3cc(N4CCN(C(C)=O)CC4)c(F)cc3c1=O)C(C)S2. The van der Waals surface area contributed by atoms with Gasteiger partial charge in [-0.1, -0.05) is 11.8 Å². The monoisotopic (exact) mass is 419 g/mol. The molecule has 154 valence electrons. The predicted octanol–water partition coefficient (Wildman–Crippen LogP) is 2.61. The number of pyridine rings is 1. The van der Waals surface area contributed by atoms with Crippen LogP contribution in [0.1, 0.15) is 36.5 Å². The number of amides is 1. The van der Waals surface area contributed by atoms with Crippen LogP contribution < -0.4 is 10.3 Å². The van der Waals surface area contributed by atoms with Crippen LogP contribution in [0.15, 0.2) is 22.0 Å². The molecule has 2 aliphatic heterocycles. The Bertz CT molecular complexity index is 1080. The van der Waals surface area contributed by atoms with E-state index in [1.807, 2.05) is 16.4 Å². The number of carbonyl (C=O) groups is 2. The first-order valence-electron chi connectivity index (χ1n) is 9.59. The van der Waals surface area contributed by atoms with Crippen LogP contribution in [0.2, 0.25) is 0 Å². The molecule has 1 aromatic heterocycles. The van der Waals surface area contributed by atoms with Crippen molar-refractivity contribution in [2.75, 3.05) is 37.7 Å². The highest BCUT2D eigenvalue weighted by molar-refractivity contribution is 8.00. The van der Waals surface area contributed by atoms with Crippen molar-refractivity contribution in [2.45, 2.75) is 31.2 Å². The second kappa shape index (κ2) is 7.37. The number of fused-ring (bicyclic) bond motifs is 3. The van der Waals surface area contributed by atoms with Gasteiger partial charge in [0.05, 0.1) is 28.2 Å². The van der Waals surface area contributed by atoms with Gasteiger partial charge in [0, 0.05) is 38.5 Å². The number of aromatic nitrogens is 1. The minimum Gasteiger partial charge on any atom is -0.462 e. The van der Waals surface area contributed by atoms with E-state index in [4.69, 9.17) is 4.74 Å². The number of carbonyl (C=O) groups excluding carboxylic acids is 2. The molecule has 0 aliphatic carbocycles. The molecule has 29 heavy (non-hydrogen) atoms. The first kappa shape index (κ1) is 19.8. The summed E-state index contributed by atoms with van der Waals surface area (Å²) in [6.45, 7) is 7.42. The Morgan fingerprint density at radius 2 is 1.93 bits per heavy atom. The summed E-state index contributed by atoms with van der Waals surface area (Å²) in [5, 5.41) is 0.758. The maximum atomic E-state index is 15.0. The second-order valence-electron chi connectivity index (χ2n) is 7.13. The summed E-state index contributed by atoms with van der Waals surface area (Å²) < 4.78 is 21.9. The number of rotatable bonds is 3. The molecule has 1 unspecified atom stereocenters. The molecule has 0 spiro atoms. The molecule has 3 heterocycles. The van der Waals surface area contributed by atoms with Crippen LogP contribution in [0, 0.1) is 5.82 Å². The average Bonchev–Trinajstić information content (AvgIpc) is 2.68. The number of thioether (sulfide) groups is 1. The molecule has 1 fully saturated rings. The van der Waals surface area contributed by atoms with Crippen LogP contribution in [0.25, 0.3) is 10.9 Å². The summed E-state index contributed by atoms with van der Waals surface area (Å²) in [6.07, 6.45) is 0. The number of hydrogen-bond donors (Lipinski definition) is 0. The van der Waals surface area contributed by atoms with Crippen molar-refractivity contribution in [1.29, 1.82) is 0 Å². The minimum absolute atomic E-state index is 0.00821. The molecule has 0 saturated carbocycles. The third-order valence-corrected chi connectivity index (χ3v) is 6.60. The molecule has 1 atom stereocenters. The molecule has 0 radical (unpaired) electrons. The number of halogens is 1. The zero-order chi connectivity index (χ0) is 20.9. The Morgan fingerprint density at radius 3 is 2.52 bits per heavy atom. The summed E-state index contributed by atoms with van der Waals surface area (Å²) >= 11 is 1.42. The Kier molecular flexibility index (Phi) is 5.02. The van der Waals surface area contributed by atoms with E-state index in [-0.39, 0.29) is 28.8 Å². The lowest BCUT2D eigenvalue weighted by Crippen LogP contribution is -2.48. The van der Waals surface area contributed by atoms with Crippen molar-refractivity contribution < 1.29 is 18.7 Å². The maximum Gasteiger partial charge on any atom is 0.344 e. The standard InChI is InChI=1S/C20H22FN3O4S/c1-4-28-20(27)17-18(26)13-9-14(21)16(10-15(13)24-12(3)29-19(17)24)23-7-5-22(6-8-23)11(2)25/h9-10,12H,4-8H2,1-3H3. The number of piperazine rings is 1. The number of benzene rings is 1. The fourth-order valence-electron chi connectivity index (χ4n) is 3.92. The first-order chi connectivity index (χ1) is 13.8. The molecular formula is C20H22FN3O4S.